The Kier molecular flexibility index (Phi) is 3.33. The zero-order chi connectivity index (χ0) is 13.5. The first-order valence-electron chi connectivity index (χ1n) is 6.29. The number of thiazole rings is 1. The quantitative estimate of drug-likeness (QED) is 0.896. The molecule has 0 radical (unpaired) electrons. The van der Waals surface area contributed by atoms with E-state index >= 15 is 0 Å². The van der Waals surface area contributed by atoms with Crippen LogP contribution in [0.4, 0.5) is 4.39 Å². The van der Waals surface area contributed by atoms with Crippen molar-refractivity contribution in [3.05, 3.63) is 39.4 Å². The minimum atomic E-state index is -0.410. The van der Waals surface area contributed by atoms with Crippen LogP contribution in [0.25, 0.3) is 11.3 Å². The van der Waals surface area contributed by atoms with E-state index in [1.54, 1.807) is 23.5 Å². The predicted molar refractivity (Wildman–Crippen MR) is 76.9 cm³/mol. The number of hydrogen-bond acceptors (Lipinski definition) is 3. The van der Waals surface area contributed by atoms with Crippen LogP contribution in [0.2, 0.25) is 5.02 Å². The van der Waals surface area contributed by atoms with Gasteiger partial charge in [0, 0.05) is 10.9 Å². The van der Waals surface area contributed by atoms with E-state index in [1.807, 2.05) is 5.38 Å². The second-order valence-corrected chi connectivity index (χ2v) is 6.30. The van der Waals surface area contributed by atoms with Crippen molar-refractivity contribution in [2.75, 3.05) is 0 Å². The maximum absolute atomic E-state index is 13.2. The summed E-state index contributed by atoms with van der Waals surface area (Å²) in [7, 11) is 0. The van der Waals surface area contributed by atoms with Gasteiger partial charge in [-0.2, -0.15) is 0 Å². The van der Waals surface area contributed by atoms with Crippen LogP contribution in [-0.4, -0.2) is 4.98 Å². The smallest absolute Gasteiger partial charge is 0.141 e. The SMILES string of the molecule is NC1(c2nc(-c3ccc(F)c(Cl)c3)cs2)CCCC1. The fraction of sp³-hybridized carbons (Fsp3) is 0.357. The minimum Gasteiger partial charge on any atom is -0.319 e. The lowest BCUT2D eigenvalue weighted by Gasteiger charge is -2.19. The molecule has 0 unspecified atom stereocenters. The zero-order valence-electron chi connectivity index (χ0n) is 10.3. The Hall–Kier alpha value is -0.970. The number of hydrogen-bond donors (Lipinski definition) is 1. The molecular weight excluding hydrogens is 283 g/mol. The van der Waals surface area contributed by atoms with E-state index in [0.29, 0.717) is 0 Å². The van der Waals surface area contributed by atoms with Gasteiger partial charge in [0.05, 0.1) is 16.3 Å². The van der Waals surface area contributed by atoms with Gasteiger partial charge in [0.15, 0.2) is 0 Å². The molecule has 100 valence electrons. The lowest BCUT2D eigenvalue weighted by Crippen LogP contribution is -2.32. The maximum atomic E-state index is 13.2. The highest BCUT2D eigenvalue weighted by Crippen LogP contribution is 2.39. The summed E-state index contributed by atoms with van der Waals surface area (Å²) in [6.07, 6.45) is 4.30. The van der Waals surface area contributed by atoms with Crippen LogP contribution in [0.3, 0.4) is 0 Å². The summed E-state index contributed by atoms with van der Waals surface area (Å²) < 4.78 is 13.2. The van der Waals surface area contributed by atoms with Crippen LogP contribution >= 0.6 is 22.9 Å². The Bertz CT molecular complexity index is 605. The molecule has 0 bridgehead atoms. The highest BCUT2D eigenvalue weighted by atomic mass is 35.5. The number of nitrogens with zero attached hydrogens (tertiary/aromatic N) is 1. The molecule has 5 heteroatoms. The topological polar surface area (TPSA) is 38.9 Å². The molecule has 0 aliphatic heterocycles. The molecule has 1 fully saturated rings. The summed E-state index contributed by atoms with van der Waals surface area (Å²) >= 11 is 7.38. The molecule has 1 heterocycles. The molecule has 1 aliphatic rings. The van der Waals surface area contributed by atoms with Crippen LogP contribution in [0.15, 0.2) is 23.6 Å². The van der Waals surface area contributed by atoms with Gasteiger partial charge in [0.1, 0.15) is 10.8 Å². The largest absolute Gasteiger partial charge is 0.319 e. The molecule has 19 heavy (non-hydrogen) atoms. The fourth-order valence-corrected chi connectivity index (χ4v) is 3.69. The Morgan fingerprint density at radius 1 is 1.32 bits per heavy atom. The van der Waals surface area contributed by atoms with Gasteiger partial charge in [-0.1, -0.05) is 24.4 Å². The van der Waals surface area contributed by atoms with E-state index < -0.39 is 5.82 Å². The van der Waals surface area contributed by atoms with Crippen molar-refractivity contribution in [1.29, 1.82) is 0 Å². The lowest BCUT2D eigenvalue weighted by atomic mass is 10.0. The van der Waals surface area contributed by atoms with Crippen molar-refractivity contribution >= 4 is 22.9 Å². The second kappa shape index (κ2) is 4.85. The van der Waals surface area contributed by atoms with E-state index in [9.17, 15) is 4.39 Å². The van der Waals surface area contributed by atoms with Gasteiger partial charge in [-0.05, 0) is 31.0 Å². The number of rotatable bonds is 2. The Labute approximate surface area is 120 Å². The van der Waals surface area contributed by atoms with Gasteiger partial charge >= 0.3 is 0 Å². The summed E-state index contributed by atoms with van der Waals surface area (Å²) in [6, 6.07) is 4.66. The number of benzene rings is 1. The van der Waals surface area contributed by atoms with E-state index in [4.69, 9.17) is 17.3 Å². The van der Waals surface area contributed by atoms with Gasteiger partial charge in [-0.25, -0.2) is 9.37 Å². The molecule has 3 rings (SSSR count). The molecule has 2 N–H and O–H groups in total. The van der Waals surface area contributed by atoms with E-state index in [2.05, 4.69) is 4.98 Å². The van der Waals surface area contributed by atoms with Gasteiger partial charge in [0.25, 0.3) is 0 Å². The normalized spacial score (nSPS) is 17.8. The third-order valence-corrected chi connectivity index (χ3v) is 4.99. The third kappa shape index (κ3) is 2.40. The zero-order valence-corrected chi connectivity index (χ0v) is 11.9. The highest BCUT2D eigenvalue weighted by molar-refractivity contribution is 7.10. The molecule has 0 spiro atoms. The van der Waals surface area contributed by atoms with Gasteiger partial charge in [-0.15, -0.1) is 11.3 Å². The van der Waals surface area contributed by atoms with Crippen LogP contribution in [0.5, 0.6) is 0 Å². The molecule has 0 saturated heterocycles. The number of halogens is 2. The molecule has 2 aromatic rings. The summed E-state index contributed by atoms with van der Waals surface area (Å²) in [5.74, 6) is -0.410. The van der Waals surface area contributed by atoms with Crippen molar-refractivity contribution < 1.29 is 4.39 Å². The summed E-state index contributed by atoms with van der Waals surface area (Å²) in [5, 5.41) is 3.06. The first-order valence-corrected chi connectivity index (χ1v) is 7.55. The third-order valence-electron chi connectivity index (χ3n) is 3.64. The van der Waals surface area contributed by atoms with Crippen LogP contribution in [0, 0.1) is 5.82 Å². The molecule has 1 aromatic carbocycles. The average Bonchev–Trinajstić information content (AvgIpc) is 3.02. The van der Waals surface area contributed by atoms with Gasteiger partial charge in [0.2, 0.25) is 0 Å². The summed E-state index contributed by atoms with van der Waals surface area (Å²) in [6.45, 7) is 0. The average molecular weight is 297 g/mol. The summed E-state index contributed by atoms with van der Waals surface area (Å²) in [4.78, 5) is 4.62. The first kappa shape index (κ1) is 13.0. The lowest BCUT2D eigenvalue weighted by molar-refractivity contribution is 0.459. The molecule has 1 aliphatic carbocycles. The van der Waals surface area contributed by atoms with Crippen LogP contribution in [0.1, 0.15) is 30.7 Å². The standard InChI is InChI=1S/C14H14ClFN2S/c15-10-7-9(3-4-11(10)16)12-8-19-13(18-12)14(17)5-1-2-6-14/h3-4,7-8H,1-2,5-6,17H2. The number of aromatic nitrogens is 1. The van der Waals surface area contributed by atoms with Crippen molar-refractivity contribution in [2.45, 2.75) is 31.2 Å². The molecular formula is C14H14ClFN2S. The van der Waals surface area contributed by atoms with Crippen LogP contribution < -0.4 is 5.73 Å². The maximum Gasteiger partial charge on any atom is 0.141 e. The monoisotopic (exact) mass is 296 g/mol. The first-order chi connectivity index (χ1) is 9.08. The van der Waals surface area contributed by atoms with Crippen molar-refractivity contribution in [1.82, 2.24) is 4.98 Å². The molecule has 1 aromatic heterocycles. The minimum absolute atomic E-state index is 0.121. The summed E-state index contributed by atoms with van der Waals surface area (Å²) in [5.41, 5.74) is 7.76. The van der Waals surface area contributed by atoms with Crippen molar-refractivity contribution in [3.8, 4) is 11.3 Å². The number of nitrogens with two attached hydrogens (primary N) is 1. The van der Waals surface area contributed by atoms with E-state index in [-0.39, 0.29) is 10.6 Å². The fourth-order valence-electron chi connectivity index (χ4n) is 2.51. The Morgan fingerprint density at radius 3 is 2.74 bits per heavy atom. The van der Waals surface area contributed by atoms with Crippen molar-refractivity contribution in [3.63, 3.8) is 0 Å². The van der Waals surface area contributed by atoms with Gasteiger partial charge < -0.3 is 5.73 Å². The molecule has 0 amide bonds. The second-order valence-electron chi connectivity index (χ2n) is 5.03. The van der Waals surface area contributed by atoms with Crippen LogP contribution in [-0.2, 0) is 5.54 Å². The van der Waals surface area contributed by atoms with E-state index in [1.165, 1.54) is 6.07 Å². The molecule has 2 nitrogen and oxygen atoms in total. The Balaban J connectivity index is 1.94. The van der Waals surface area contributed by atoms with Crippen molar-refractivity contribution in [2.24, 2.45) is 5.73 Å². The van der Waals surface area contributed by atoms with E-state index in [0.717, 1.165) is 41.9 Å². The Morgan fingerprint density at radius 2 is 2.05 bits per heavy atom. The molecule has 1 saturated carbocycles. The molecule has 0 atom stereocenters. The van der Waals surface area contributed by atoms with Gasteiger partial charge in [-0.3, -0.25) is 0 Å². The predicted octanol–water partition coefficient (Wildman–Crippen LogP) is 4.33. The highest BCUT2D eigenvalue weighted by Gasteiger charge is 2.34.